The summed E-state index contributed by atoms with van der Waals surface area (Å²) in [6.07, 6.45) is 0. The third kappa shape index (κ3) is 1.59. The van der Waals surface area contributed by atoms with Gasteiger partial charge < -0.3 is 0 Å². The normalized spacial score (nSPS) is 11.2. The van der Waals surface area contributed by atoms with Crippen molar-refractivity contribution in [2.45, 2.75) is 0 Å². The predicted octanol–water partition coefficient (Wildman–Crippen LogP) is 3.30. The first-order chi connectivity index (χ1) is 9.43. The van der Waals surface area contributed by atoms with Crippen molar-refractivity contribution < 1.29 is 0 Å². The zero-order chi connectivity index (χ0) is 12.7. The molecule has 0 atom stereocenters. The van der Waals surface area contributed by atoms with Gasteiger partial charge in [-0.1, -0.05) is 30.3 Å². The lowest BCUT2D eigenvalue weighted by Crippen LogP contribution is -1.93. The first kappa shape index (κ1) is 10.5. The summed E-state index contributed by atoms with van der Waals surface area (Å²) in [5.74, 6) is 0. The van der Waals surface area contributed by atoms with E-state index in [0.717, 1.165) is 32.4 Å². The SMILES string of the molecule is c1ccc2c(-c3cccc4scnc34)nnnc2c1. The minimum absolute atomic E-state index is 0.835. The standard InChI is InChI=1S/C14H8N4S/c1-2-6-11-9(4-1)13(17-18-16-11)10-5-3-7-12-14(10)15-8-19-12/h1-8H. The van der Waals surface area contributed by atoms with E-state index in [9.17, 15) is 0 Å². The second-order valence-electron chi connectivity index (χ2n) is 4.16. The van der Waals surface area contributed by atoms with E-state index in [-0.39, 0.29) is 0 Å². The Bertz CT molecular complexity index is 879. The highest BCUT2D eigenvalue weighted by molar-refractivity contribution is 7.16. The first-order valence-corrected chi connectivity index (χ1v) is 6.72. The van der Waals surface area contributed by atoms with Crippen LogP contribution in [0.2, 0.25) is 0 Å². The maximum atomic E-state index is 4.43. The lowest BCUT2D eigenvalue weighted by Gasteiger charge is -2.04. The average Bonchev–Trinajstić information content (AvgIpc) is 2.95. The van der Waals surface area contributed by atoms with Crippen molar-refractivity contribution in [3.63, 3.8) is 0 Å². The number of para-hydroxylation sites is 1. The summed E-state index contributed by atoms with van der Waals surface area (Å²) in [6.45, 7) is 0. The van der Waals surface area contributed by atoms with E-state index >= 15 is 0 Å². The molecule has 0 aliphatic rings. The number of fused-ring (bicyclic) bond motifs is 2. The van der Waals surface area contributed by atoms with E-state index in [1.54, 1.807) is 11.3 Å². The van der Waals surface area contributed by atoms with Crippen LogP contribution in [0.5, 0.6) is 0 Å². The Morgan fingerprint density at radius 2 is 1.84 bits per heavy atom. The number of hydrogen-bond acceptors (Lipinski definition) is 5. The summed E-state index contributed by atoms with van der Waals surface area (Å²) in [5.41, 5.74) is 5.51. The second kappa shape index (κ2) is 4.07. The van der Waals surface area contributed by atoms with Gasteiger partial charge in [0.15, 0.2) is 0 Å². The van der Waals surface area contributed by atoms with Crippen LogP contribution in [0.25, 0.3) is 32.4 Å². The third-order valence-electron chi connectivity index (χ3n) is 3.07. The molecule has 0 amide bonds. The Kier molecular flexibility index (Phi) is 2.25. The van der Waals surface area contributed by atoms with Gasteiger partial charge in [-0.3, -0.25) is 0 Å². The van der Waals surface area contributed by atoms with Crippen molar-refractivity contribution in [3.05, 3.63) is 48.0 Å². The summed E-state index contributed by atoms with van der Waals surface area (Å²) < 4.78 is 1.15. The molecule has 0 saturated carbocycles. The molecule has 0 N–H and O–H groups in total. The summed E-state index contributed by atoms with van der Waals surface area (Å²) in [5, 5.41) is 13.1. The van der Waals surface area contributed by atoms with Crippen LogP contribution in [-0.4, -0.2) is 20.4 Å². The molecule has 0 saturated heterocycles. The van der Waals surface area contributed by atoms with E-state index < -0.39 is 0 Å². The fraction of sp³-hybridized carbons (Fsp3) is 0. The number of hydrogen-bond donors (Lipinski definition) is 0. The van der Waals surface area contributed by atoms with Crippen LogP contribution in [0.4, 0.5) is 0 Å². The van der Waals surface area contributed by atoms with E-state index in [1.165, 1.54) is 0 Å². The van der Waals surface area contributed by atoms with Gasteiger partial charge in [0.1, 0.15) is 5.69 Å². The van der Waals surface area contributed by atoms with E-state index in [0.29, 0.717) is 0 Å². The van der Waals surface area contributed by atoms with Crippen LogP contribution < -0.4 is 0 Å². The van der Waals surface area contributed by atoms with Gasteiger partial charge in [0.25, 0.3) is 0 Å². The van der Waals surface area contributed by atoms with Gasteiger partial charge in [0.2, 0.25) is 0 Å². The zero-order valence-corrected chi connectivity index (χ0v) is 10.6. The highest BCUT2D eigenvalue weighted by Gasteiger charge is 2.11. The van der Waals surface area contributed by atoms with E-state index in [2.05, 4.69) is 26.5 Å². The fourth-order valence-corrected chi connectivity index (χ4v) is 2.91. The maximum absolute atomic E-state index is 4.43. The average molecular weight is 264 g/mol. The molecule has 0 fully saturated rings. The molecule has 4 rings (SSSR count). The molecule has 2 heterocycles. The van der Waals surface area contributed by atoms with Gasteiger partial charge >= 0.3 is 0 Å². The van der Waals surface area contributed by atoms with Gasteiger partial charge in [-0.15, -0.1) is 21.5 Å². The molecule has 0 aliphatic carbocycles. The van der Waals surface area contributed by atoms with Crippen LogP contribution in [0.15, 0.2) is 48.0 Å². The smallest absolute Gasteiger partial charge is 0.106 e. The van der Waals surface area contributed by atoms with Crippen molar-refractivity contribution in [1.82, 2.24) is 20.4 Å². The summed E-state index contributed by atoms with van der Waals surface area (Å²) in [7, 11) is 0. The van der Waals surface area contributed by atoms with Crippen molar-refractivity contribution >= 4 is 32.5 Å². The van der Waals surface area contributed by atoms with Gasteiger partial charge in [-0.25, -0.2) is 4.98 Å². The molecular formula is C14H8N4S. The zero-order valence-electron chi connectivity index (χ0n) is 9.82. The van der Waals surface area contributed by atoms with Gasteiger partial charge in [-0.2, -0.15) is 0 Å². The monoisotopic (exact) mass is 264 g/mol. The molecule has 19 heavy (non-hydrogen) atoms. The number of rotatable bonds is 1. The van der Waals surface area contributed by atoms with Crippen molar-refractivity contribution in [3.8, 4) is 11.3 Å². The minimum Gasteiger partial charge on any atom is -0.244 e. The summed E-state index contributed by atoms with van der Waals surface area (Å²) in [4.78, 5) is 4.43. The van der Waals surface area contributed by atoms with Crippen LogP contribution in [0.1, 0.15) is 0 Å². The van der Waals surface area contributed by atoms with Gasteiger partial charge in [0.05, 0.1) is 21.2 Å². The molecule has 90 valence electrons. The molecule has 5 heteroatoms. The molecule has 2 aromatic carbocycles. The van der Waals surface area contributed by atoms with Crippen molar-refractivity contribution in [2.24, 2.45) is 0 Å². The lowest BCUT2D eigenvalue weighted by atomic mass is 10.1. The van der Waals surface area contributed by atoms with Crippen molar-refractivity contribution in [1.29, 1.82) is 0 Å². The molecular weight excluding hydrogens is 256 g/mol. The summed E-state index contributed by atoms with van der Waals surface area (Å²) in [6, 6.07) is 14.0. The minimum atomic E-state index is 0.835. The molecule has 0 unspecified atom stereocenters. The molecule has 0 radical (unpaired) electrons. The van der Waals surface area contributed by atoms with Crippen LogP contribution in [-0.2, 0) is 0 Å². The molecule has 0 spiro atoms. The van der Waals surface area contributed by atoms with E-state index in [1.807, 2.05) is 41.9 Å². The first-order valence-electron chi connectivity index (χ1n) is 5.84. The third-order valence-corrected chi connectivity index (χ3v) is 3.87. The number of nitrogens with zero attached hydrogens (tertiary/aromatic N) is 4. The molecule has 4 nitrogen and oxygen atoms in total. The molecule has 0 aliphatic heterocycles. The van der Waals surface area contributed by atoms with Crippen molar-refractivity contribution in [2.75, 3.05) is 0 Å². The van der Waals surface area contributed by atoms with Crippen LogP contribution in [0.3, 0.4) is 0 Å². The second-order valence-corrected chi connectivity index (χ2v) is 5.05. The molecule has 2 aromatic heterocycles. The lowest BCUT2D eigenvalue weighted by molar-refractivity contribution is 0.901. The van der Waals surface area contributed by atoms with Gasteiger partial charge in [-0.05, 0) is 17.3 Å². The Hall–Kier alpha value is -2.40. The quantitative estimate of drug-likeness (QED) is 0.529. The molecule has 4 aromatic rings. The van der Waals surface area contributed by atoms with E-state index in [4.69, 9.17) is 0 Å². The van der Waals surface area contributed by atoms with Crippen LogP contribution in [0, 0.1) is 0 Å². The highest BCUT2D eigenvalue weighted by atomic mass is 32.1. The Labute approximate surface area is 112 Å². The number of benzene rings is 2. The summed E-state index contributed by atoms with van der Waals surface area (Å²) >= 11 is 1.63. The molecule has 0 bridgehead atoms. The predicted molar refractivity (Wildman–Crippen MR) is 75.9 cm³/mol. The maximum Gasteiger partial charge on any atom is 0.106 e. The highest BCUT2D eigenvalue weighted by Crippen LogP contribution is 2.31. The number of aromatic nitrogens is 4. The van der Waals surface area contributed by atoms with Gasteiger partial charge in [0, 0.05) is 10.9 Å². The topological polar surface area (TPSA) is 51.6 Å². The Morgan fingerprint density at radius 3 is 2.84 bits per heavy atom. The number of thiazole rings is 1. The Morgan fingerprint density at radius 1 is 0.895 bits per heavy atom. The fourth-order valence-electron chi connectivity index (χ4n) is 2.21. The van der Waals surface area contributed by atoms with Crippen LogP contribution >= 0.6 is 11.3 Å². The Balaban J connectivity index is 2.12. The largest absolute Gasteiger partial charge is 0.244 e.